The molecule has 6 rings (SSSR count). The Hall–Kier alpha value is -2.97. The van der Waals surface area contributed by atoms with Crippen molar-refractivity contribution in [2.45, 2.75) is 75.7 Å². The van der Waals surface area contributed by atoms with Crippen LogP contribution in [0.25, 0.3) is 22.4 Å². The van der Waals surface area contributed by atoms with Crippen LogP contribution in [0, 0.1) is 0 Å². The monoisotopic (exact) mass is 474 g/mol. The molecular formula is C27H34N6O2. The lowest BCUT2D eigenvalue weighted by atomic mass is 9.83. The van der Waals surface area contributed by atoms with Gasteiger partial charge in [-0.2, -0.15) is 5.10 Å². The quantitative estimate of drug-likeness (QED) is 0.562. The fraction of sp³-hybridized carbons (Fsp3) is 0.519. The maximum atomic E-state index is 10.8. The van der Waals surface area contributed by atoms with Gasteiger partial charge < -0.3 is 20.1 Å². The van der Waals surface area contributed by atoms with Crippen molar-refractivity contribution in [3.63, 3.8) is 0 Å². The normalized spacial score (nSPS) is 26.4. The molecule has 1 aromatic carbocycles. The van der Waals surface area contributed by atoms with Gasteiger partial charge in [0.25, 0.3) is 0 Å². The number of aromatic hydroxyl groups is 1. The summed E-state index contributed by atoms with van der Waals surface area (Å²) in [5, 5.41) is 28.0. The first-order chi connectivity index (χ1) is 17.1. The molecule has 8 heteroatoms. The fourth-order valence-corrected chi connectivity index (χ4v) is 5.90. The Bertz CT molecular complexity index is 1140. The number of benzene rings is 1. The fourth-order valence-electron chi connectivity index (χ4n) is 5.90. The molecular weight excluding hydrogens is 440 g/mol. The molecule has 0 amide bonds. The van der Waals surface area contributed by atoms with E-state index in [1.807, 2.05) is 41.3 Å². The number of piperidine rings is 2. The van der Waals surface area contributed by atoms with Crippen molar-refractivity contribution in [2.75, 3.05) is 18.6 Å². The minimum absolute atomic E-state index is 0.00164. The van der Waals surface area contributed by atoms with Crippen LogP contribution in [0.3, 0.4) is 0 Å². The third-order valence-corrected chi connectivity index (χ3v) is 7.91. The number of hydrogen-bond donors (Lipinski definition) is 2. The SMILES string of the molecule is CN(c1ccc(-c2ccc(-c3cnn(C4CCCCO4)c3)cc2O)nn1)C1C[C@H]2CCC[C@@H](C1)N2. The summed E-state index contributed by atoms with van der Waals surface area (Å²) in [7, 11) is 2.13. The molecule has 3 aliphatic rings. The highest BCUT2D eigenvalue weighted by Gasteiger charge is 2.33. The van der Waals surface area contributed by atoms with Crippen LogP contribution in [0.1, 0.15) is 57.6 Å². The van der Waals surface area contributed by atoms with Gasteiger partial charge in [0, 0.05) is 49.1 Å². The first-order valence-corrected chi connectivity index (χ1v) is 13.0. The van der Waals surface area contributed by atoms with Crippen molar-refractivity contribution in [3.05, 3.63) is 42.7 Å². The van der Waals surface area contributed by atoms with Crippen LogP contribution in [0.2, 0.25) is 0 Å². The van der Waals surface area contributed by atoms with Crippen LogP contribution in [0.15, 0.2) is 42.7 Å². The van der Waals surface area contributed by atoms with E-state index in [9.17, 15) is 5.11 Å². The third-order valence-electron chi connectivity index (χ3n) is 7.91. The number of anilines is 1. The summed E-state index contributed by atoms with van der Waals surface area (Å²) in [6.07, 6.45) is 13.3. The number of nitrogens with zero attached hydrogens (tertiary/aromatic N) is 5. The van der Waals surface area contributed by atoms with Gasteiger partial charge in [-0.05, 0) is 74.8 Å². The largest absolute Gasteiger partial charge is 0.507 e. The maximum Gasteiger partial charge on any atom is 0.151 e. The number of nitrogens with one attached hydrogen (secondary N) is 1. The first-order valence-electron chi connectivity index (χ1n) is 13.0. The van der Waals surface area contributed by atoms with E-state index < -0.39 is 0 Å². The number of fused-ring (bicyclic) bond motifs is 2. The molecule has 3 aliphatic heterocycles. The van der Waals surface area contributed by atoms with E-state index in [2.05, 4.69) is 32.6 Å². The lowest BCUT2D eigenvalue weighted by Crippen LogP contribution is -2.54. The zero-order chi connectivity index (χ0) is 23.8. The van der Waals surface area contributed by atoms with Crippen LogP contribution < -0.4 is 10.2 Å². The predicted molar refractivity (Wildman–Crippen MR) is 135 cm³/mol. The summed E-state index contributed by atoms with van der Waals surface area (Å²) in [4.78, 5) is 2.28. The smallest absolute Gasteiger partial charge is 0.151 e. The molecule has 35 heavy (non-hydrogen) atoms. The molecule has 0 saturated carbocycles. The van der Waals surface area contributed by atoms with Crippen molar-refractivity contribution in [3.8, 4) is 28.1 Å². The molecule has 3 aromatic rings. The second-order valence-electron chi connectivity index (χ2n) is 10.3. The standard InChI is InChI=1S/C27H34N6O2/c1-32(22-14-20-5-4-6-21(15-22)29-20)26-11-10-24(30-31-26)23-9-8-18(13-25(23)34)19-16-28-33(17-19)27-7-2-3-12-35-27/h8-11,13,16-17,20-22,27,29,34H,2-7,12,14-15H2,1H3/t20-,21+,22?,27?. The van der Waals surface area contributed by atoms with Gasteiger partial charge in [-0.3, -0.25) is 0 Å². The van der Waals surface area contributed by atoms with Crippen LogP contribution in [0.4, 0.5) is 5.82 Å². The molecule has 2 unspecified atom stereocenters. The van der Waals surface area contributed by atoms with Gasteiger partial charge in [0.05, 0.1) is 11.9 Å². The van der Waals surface area contributed by atoms with Gasteiger partial charge in [-0.15, -0.1) is 10.2 Å². The van der Waals surface area contributed by atoms with Gasteiger partial charge in [-0.1, -0.05) is 12.5 Å². The Morgan fingerprint density at radius 2 is 1.86 bits per heavy atom. The number of aromatic nitrogens is 4. The number of phenols is 1. The Morgan fingerprint density at radius 3 is 2.57 bits per heavy atom. The van der Waals surface area contributed by atoms with E-state index in [0.29, 0.717) is 29.4 Å². The molecule has 0 radical (unpaired) electrons. The molecule has 0 aliphatic carbocycles. The Morgan fingerprint density at radius 1 is 1.00 bits per heavy atom. The number of phenolic OH excluding ortho intramolecular Hbond substituents is 1. The summed E-state index contributed by atoms with van der Waals surface area (Å²) in [6.45, 7) is 0.782. The number of hydrogen-bond acceptors (Lipinski definition) is 7. The topological polar surface area (TPSA) is 88.3 Å². The molecule has 8 nitrogen and oxygen atoms in total. The van der Waals surface area contributed by atoms with Crippen LogP contribution in [-0.2, 0) is 4.74 Å². The zero-order valence-corrected chi connectivity index (χ0v) is 20.3. The van der Waals surface area contributed by atoms with Gasteiger partial charge in [0.1, 0.15) is 12.0 Å². The average Bonchev–Trinajstić information content (AvgIpc) is 3.39. The molecule has 2 aromatic heterocycles. The lowest BCUT2D eigenvalue weighted by Gasteiger charge is -2.43. The van der Waals surface area contributed by atoms with Crippen LogP contribution in [-0.4, -0.2) is 56.9 Å². The average molecular weight is 475 g/mol. The second-order valence-corrected chi connectivity index (χ2v) is 10.3. The summed E-state index contributed by atoms with van der Waals surface area (Å²) >= 11 is 0. The molecule has 3 fully saturated rings. The summed E-state index contributed by atoms with van der Waals surface area (Å²) < 4.78 is 7.71. The van der Waals surface area contributed by atoms with Gasteiger partial charge >= 0.3 is 0 Å². The van der Waals surface area contributed by atoms with Crippen LogP contribution in [0.5, 0.6) is 5.75 Å². The van der Waals surface area contributed by atoms with Crippen molar-refractivity contribution >= 4 is 5.82 Å². The molecule has 2 N–H and O–H groups in total. The highest BCUT2D eigenvalue weighted by molar-refractivity contribution is 5.74. The zero-order valence-electron chi connectivity index (χ0n) is 20.3. The Labute approximate surface area is 206 Å². The summed E-state index contributed by atoms with van der Waals surface area (Å²) in [6, 6.07) is 11.4. The van der Waals surface area contributed by atoms with Gasteiger partial charge in [0.2, 0.25) is 0 Å². The van der Waals surface area contributed by atoms with Crippen molar-refractivity contribution in [2.24, 2.45) is 0 Å². The minimum atomic E-state index is 0.00164. The number of ether oxygens (including phenoxy) is 1. The summed E-state index contributed by atoms with van der Waals surface area (Å²) in [5.41, 5.74) is 3.21. The number of rotatable bonds is 5. The maximum absolute atomic E-state index is 10.8. The third kappa shape index (κ3) is 4.65. The second kappa shape index (κ2) is 9.59. The first kappa shape index (κ1) is 22.5. The van der Waals surface area contributed by atoms with E-state index in [1.165, 1.54) is 19.3 Å². The molecule has 184 valence electrons. The van der Waals surface area contributed by atoms with E-state index in [1.54, 1.807) is 6.07 Å². The Balaban J connectivity index is 1.16. The van der Waals surface area contributed by atoms with Gasteiger partial charge in [-0.25, -0.2) is 4.68 Å². The molecule has 0 spiro atoms. The molecule has 4 atom stereocenters. The van der Waals surface area contributed by atoms with E-state index >= 15 is 0 Å². The lowest BCUT2D eigenvalue weighted by molar-refractivity contribution is -0.0394. The van der Waals surface area contributed by atoms with E-state index in [-0.39, 0.29) is 12.0 Å². The molecule has 2 bridgehead atoms. The summed E-state index contributed by atoms with van der Waals surface area (Å²) in [5.74, 6) is 1.07. The van der Waals surface area contributed by atoms with Gasteiger partial charge in [0.15, 0.2) is 5.82 Å². The van der Waals surface area contributed by atoms with Crippen molar-refractivity contribution < 1.29 is 9.84 Å². The van der Waals surface area contributed by atoms with E-state index in [4.69, 9.17) is 4.74 Å². The Kier molecular flexibility index (Phi) is 6.16. The van der Waals surface area contributed by atoms with Crippen molar-refractivity contribution in [1.29, 1.82) is 0 Å². The highest BCUT2D eigenvalue weighted by Crippen LogP contribution is 2.34. The minimum Gasteiger partial charge on any atom is -0.507 e. The molecule has 5 heterocycles. The highest BCUT2D eigenvalue weighted by atomic mass is 16.5. The van der Waals surface area contributed by atoms with Crippen LogP contribution >= 0.6 is 0 Å². The van der Waals surface area contributed by atoms with E-state index in [0.717, 1.165) is 55.7 Å². The predicted octanol–water partition coefficient (Wildman–Crippen LogP) is 4.52. The van der Waals surface area contributed by atoms with Crippen molar-refractivity contribution in [1.82, 2.24) is 25.3 Å². The molecule has 3 saturated heterocycles.